The van der Waals surface area contributed by atoms with Gasteiger partial charge in [0.05, 0.1) is 19.7 Å². The lowest BCUT2D eigenvalue weighted by molar-refractivity contribution is -0.117. The average molecular weight is 718 g/mol. The van der Waals surface area contributed by atoms with Crippen molar-refractivity contribution in [1.82, 2.24) is 19.7 Å². The van der Waals surface area contributed by atoms with Gasteiger partial charge in [0.15, 0.2) is 12.0 Å². The van der Waals surface area contributed by atoms with E-state index < -0.39 is 29.3 Å². The molecule has 0 radical (unpaired) electrons. The molecule has 1 aromatic heterocycles. The Morgan fingerprint density at radius 3 is 2.21 bits per heavy atom. The van der Waals surface area contributed by atoms with Crippen molar-refractivity contribution in [2.75, 3.05) is 60.6 Å². The Labute approximate surface area is 302 Å². The van der Waals surface area contributed by atoms with Gasteiger partial charge in [0.1, 0.15) is 42.2 Å². The summed E-state index contributed by atoms with van der Waals surface area (Å²) in [4.78, 5) is 25.2. The number of nitrogens with zero attached hydrogens (tertiary/aromatic N) is 7. The number of carbonyl (C=O) groups is 1. The number of halogens is 2. The minimum absolute atomic E-state index is 0.0248. The first-order valence-corrected chi connectivity index (χ1v) is 17.8. The Bertz CT molecular complexity index is 1820. The fourth-order valence-corrected chi connectivity index (χ4v) is 7.57. The lowest BCUT2D eigenvalue weighted by Gasteiger charge is -2.37. The van der Waals surface area contributed by atoms with Crippen LogP contribution in [0.25, 0.3) is 0 Å². The molecule has 3 atom stereocenters. The van der Waals surface area contributed by atoms with Gasteiger partial charge >= 0.3 is 6.03 Å². The molecule has 52 heavy (non-hydrogen) atoms. The van der Waals surface area contributed by atoms with E-state index in [1.807, 2.05) is 69.3 Å². The molecule has 1 unspecified atom stereocenters. The number of hydrogen-bond acceptors (Lipinski definition) is 9. The predicted molar refractivity (Wildman–Crippen MR) is 191 cm³/mol. The van der Waals surface area contributed by atoms with Gasteiger partial charge < -0.3 is 29.1 Å². The molecule has 0 saturated carbocycles. The summed E-state index contributed by atoms with van der Waals surface area (Å²) in [6.45, 7) is 9.69. The number of hydrogen-bond donors (Lipinski definition) is 1. The van der Waals surface area contributed by atoms with Gasteiger partial charge in [0, 0.05) is 60.9 Å². The third-order valence-electron chi connectivity index (χ3n) is 10.0. The average Bonchev–Trinajstić information content (AvgIpc) is 3.86. The van der Waals surface area contributed by atoms with E-state index in [9.17, 15) is 18.7 Å². The maximum Gasteiger partial charge on any atom is 0.327 e. The summed E-state index contributed by atoms with van der Waals surface area (Å²) in [5.74, 6) is -0.766. The van der Waals surface area contributed by atoms with E-state index in [1.54, 1.807) is 9.80 Å². The molecule has 3 fully saturated rings. The molecule has 0 bridgehead atoms. The molecule has 0 spiro atoms. The van der Waals surface area contributed by atoms with Gasteiger partial charge in [-0.1, -0.05) is 19.4 Å². The van der Waals surface area contributed by atoms with Crippen LogP contribution in [0.1, 0.15) is 39.2 Å². The van der Waals surface area contributed by atoms with Crippen LogP contribution in [0.3, 0.4) is 0 Å². The molecule has 0 aliphatic carbocycles. The summed E-state index contributed by atoms with van der Waals surface area (Å²) in [5.41, 5.74) is 0.719. The van der Waals surface area contributed by atoms with E-state index in [4.69, 9.17) is 14.2 Å². The Morgan fingerprint density at radius 1 is 0.962 bits per heavy atom. The minimum atomic E-state index is -1.24. The summed E-state index contributed by atoms with van der Waals surface area (Å²) in [6.07, 6.45) is 3.41. The number of amides is 2. The molecule has 3 aliphatic heterocycles. The van der Waals surface area contributed by atoms with Crippen LogP contribution in [0.15, 0.2) is 79.4 Å². The molecular formula is C38H45F2N7O5. The molecule has 14 heteroatoms. The van der Waals surface area contributed by atoms with Crippen LogP contribution >= 0.6 is 0 Å². The van der Waals surface area contributed by atoms with Crippen molar-refractivity contribution < 1.29 is 32.9 Å². The first-order chi connectivity index (χ1) is 25.1. The van der Waals surface area contributed by atoms with Crippen molar-refractivity contribution in [2.24, 2.45) is 0 Å². The smallest absolute Gasteiger partial charge is 0.327 e. The Morgan fingerprint density at radius 2 is 1.62 bits per heavy atom. The zero-order valence-electron chi connectivity index (χ0n) is 29.7. The van der Waals surface area contributed by atoms with Crippen LogP contribution in [0.2, 0.25) is 0 Å². The number of rotatable bonds is 12. The van der Waals surface area contributed by atoms with E-state index in [-0.39, 0.29) is 43.9 Å². The molecule has 276 valence electrons. The number of aliphatic hydroxyl groups is 1. The van der Waals surface area contributed by atoms with Crippen LogP contribution in [0.5, 0.6) is 5.75 Å². The van der Waals surface area contributed by atoms with Crippen LogP contribution in [0, 0.1) is 11.6 Å². The normalized spacial score (nSPS) is 23.7. The Balaban J connectivity index is 0.918. The van der Waals surface area contributed by atoms with Gasteiger partial charge in [-0.05, 0) is 74.9 Å². The van der Waals surface area contributed by atoms with Gasteiger partial charge in [-0.25, -0.2) is 23.2 Å². The largest absolute Gasteiger partial charge is 0.488 e. The SMILES string of the molecule is CCCC1(O)CN(c2ccc(N3CCN(c4ccc(OC[C@H]5OC[C@](Cn6cncn6)(c6ccc(F)cc6F)O5)cc4)CC3)cc2)C(=O)N1C(C)C. The Hall–Kier alpha value is -4.79. The van der Waals surface area contributed by atoms with Crippen molar-refractivity contribution in [3.8, 4) is 5.75 Å². The van der Waals surface area contributed by atoms with Crippen LogP contribution in [0.4, 0.5) is 30.6 Å². The van der Waals surface area contributed by atoms with Gasteiger partial charge in [0.2, 0.25) is 0 Å². The molecule has 2 amide bonds. The number of ether oxygens (including phenoxy) is 3. The number of aromatic nitrogens is 3. The molecule has 7 rings (SSSR count). The highest BCUT2D eigenvalue weighted by atomic mass is 19.1. The third kappa shape index (κ3) is 7.14. The molecule has 3 saturated heterocycles. The number of benzene rings is 3. The molecule has 4 heterocycles. The molecule has 4 aromatic rings. The minimum Gasteiger partial charge on any atom is -0.488 e. The zero-order chi connectivity index (χ0) is 36.5. The van der Waals surface area contributed by atoms with Crippen LogP contribution < -0.4 is 19.4 Å². The highest BCUT2D eigenvalue weighted by Crippen LogP contribution is 2.38. The first kappa shape index (κ1) is 35.6. The lowest BCUT2D eigenvalue weighted by Crippen LogP contribution is -2.50. The van der Waals surface area contributed by atoms with Gasteiger partial charge in [-0.2, -0.15) is 5.10 Å². The second kappa shape index (κ2) is 14.7. The maximum atomic E-state index is 14.9. The molecule has 3 aromatic carbocycles. The zero-order valence-corrected chi connectivity index (χ0v) is 29.7. The predicted octanol–water partition coefficient (Wildman–Crippen LogP) is 5.37. The van der Waals surface area contributed by atoms with Gasteiger partial charge in [0.25, 0.3) is 0 Å². The number of carbonyl (C=O) groups excluding carboxylic acids is 1. The fraction of sp³-hybridized carbons (Fsp3) is 0.447. The fourth-order valence-electron chi connectivity index (χ4n) is 7.57. The highest BCUT2D eigenvalue weighted by Gasteiger charge is 2.49. The highest BCUT2D eigenvalue weighted by molar-refractivity contribution is 5.95. The van der Waals surface area contributed by atoms with Crippen molar-refractivity contribution in [3.05, 3.63) is 96.6 Å². The van der Waals surface area contributed by atoms with Crippen LogP contribution in [-0.2, 0) is 21.6 Å². The van der Waals surface area contributed by atoms with Gasteiger partial charge in [-0.15, -0.1) is 0 Å². The summed E-state index contributed by atoms with van der Waals surface area (Å²) in [6, 6.07) is 19.0. The maximum absolute atomic E-state index is 14.9. The van der Waals surface area contributed by atoms with Crippen molar-refractivity contribution >= 4 is 23.1 Å². The molecule has 3 aliphatic rings. The standard InChI is InChI=1S/C38H45F2N7O5/c1-4-15-38(49)23-46(36(48)47(38)27(2)3)31-8-6-29(7-9-31)43-16-18-44(19-17-43)30-10-12-32(13-11-30)50-21-35-51-24-37(52-35,22-45-26-41-25-42-45)33-14-5-28(39)20-34(33)40/h5-14,20,25-27,35,49H,4,15-19,21-24H2,1-3H3/t35-,37+,38?/m0/s1. The second-order valence-electron chi connectivity index (χ2n) is 13.9. The van der Waals surface area contributed by atoms with E-state index >= 15 is 0 Å². The monoisotopic (exact) mass is 717 g/mol. The summed E-state index contributed by atoms with van der Waals surface area (Å²) in [7, 11) is 0. The topological polar surface area (TPSA) is 109 Å². The number of anilines is 3. The summed E-state index contributed by atoms with van der Waals surface area (Å²) >= 11 is 0. The summed E-state index contributed by atoms with van der Waals surface area (Å²) < 4.78 is 48.3. The molecule has 1 N–H and O–H groups in total. The number of β-amino-alcohol motifs (C(OH)–C–C–N with tert-alkyl or cyclic N) is 1. The second-order valence-corrected chi connectivity index (χ2v) is 13.9. The van der Waals surface area contributed by atoms with Crippen molar-refractivity contribution in [1.29, 1.82) is 0 Å². The lowest BCUT2D eigenvalue weighted by atomic mass is 9.94. The summed E-state index contributed by atoms with van der Waals surface area (Å²) in [5, 5.41) is 15.4. The Kier molecular flexibility index (Phi) is 10.1. The molecular weight excluding hydrogens is 672 g/mol. The van der Waals surface area contributed by atoms with Crippen molar-refractivity contribution in [2.45, 2.75) is 63.8 Å². The van der Waals surface area contributed by atoms with Crippen molar-refractivity contribution in [3.63, 3.8) is 0 Å². The first-order valence-electron chi connectivity index (χ1n) is 17.8. The van der Waals surface area contributed by atoms with E-state index in [0.29, 0.717) is 12.2 Å². The van der Waals surface area contributed by atoms with Gasteiger partial charge in [-0.3, -0.25) is 9.80 Å². The number of urea groups is 1. The van der Waals surface area contributed by atoms with E-state index in [2.05, 4.69) is 19.9 Å². The quantitative estimate of drug-likeness (QED) is 0.207. The molecule has 12 nitrogen and oxygen atoms in total. The van der Waals surface area contributed by atoms with E-state index in [1.165, 1.54) is 29.5 Å². The van der Waals surface area contributed by atoms with Crippen LogP contribution in [-0.4, -0.2) is 94.8 Å². The third-order valence-corrected chi connectivity index (χ3v) is 10.0. The van der Waals surface area contributed by atoms with E-state index in [0.717, 1.165) is 55.7 Å². The number of piperazine rings is 1.